The number of hydrogen-bond acceptors (Lipinski definition) is 2. The van der Waals surface area contributed by atoms with Gasteiger partial charge in [0, 0.05) is 23.6 Å². The summed E-state index contributed by atoms with van der Waals surface area (Å²) in [5, 5.41) is 2.89. The van der Waals surface area contributed by atoms with Gasteiger partial charge in [-0.15, -0.1) is 0 Å². The smallest absolute Gasteiger partial charge is 0.243 e. The van der Waals surface area contributed by atoms with Gasteiger partial charge in [-0.25, -0.2) is 0 Å². The standard InChI is InChI=1S/C22H27BrN2O2/c1-16-7-6-9-20(17(16)2)24-21(26)15-25(3)22(27)10-5-4-8-18-11-13-19(23)14-12-18/h6-7,9,11-14H,4-5,8,10,15H2,1-3H3,(H,24,26). The minimum Gasteiger partial charge on any atom is -0.336 e. The summed E-state index contributed by atoms with van der Waals surface area (Å²) in [6.07, 6.45) is 3.19. The zero-order valence-electron chi connectivity index (χ0n) is 16.2. The Morgan fingerprint density at radius 3 is 2.44 bits per heavy atom. The molecule has 0 heterocycles. The van der Waals surface area contributed by atoms with Crippen LogP contribution in [0.2, 0.25) is 0 Å². The number of amides is 2. The van der Waals surface area contributed by atoms with Crippen LogP contribution in [-0.2, 0) is 16.0 Å². The van der Waals surface area contributed by atoms with Gasteiger partial charge in [0.25, 0.3) is 0 Å². The fraction of sp³-hybridized carbons (Fsp3) is 0.364. The molecule has 0 saturated heterocycles. The summed E-state index contributed by atoms with van der Waals surface area (Å²) in [6.45, 7) is 4.05. The summed E-state index contributed by atoms with van der Waals surface area (Å²) in [7, 11) is 1.68. The molecule has 0 bridgehead atoms. The molecule has 1 N–H and O–H groups in total. The lowest BCUT2D eigenvalue weighted by atomic mass is 10.1. The predicted molar refractivity (Wildman–Crippen MR) is 114 cm³/mol. The Hall–Kier alpha value is -2.14. The van der Waals surface area contributed by atoms with E-state index in [0.29, 0.717) is 6.42 Å². The predicted octanol–water partition coefficient (Wildman–Crippen LogP) is 4.88. The Morgan fingerprint density at radius 2 is 1.74 bits per heavy atom. The van der Waals surface area contributed by atoms with Crippen molar-refractivity contribution in [1.82, 2.24) is 4.90 Å². The van der Waals surface area contributed by atoms with Gasteiger partial charge in [0.15, 0.2) is 0 Å². The molecule has 0 fully saturated rings. The van der Waals surface area contributed by atoms with E-state index in [0.717, 1.165) is 40.5 Å². The highest BCUT2D eigenvalue weighted by Crippen LogP contribution is 2.18. The van der Waals surface area contributed by atoms with Crippen LogP contribution in [0.3, 0.4) is 0 Å². The fourth-order valence-electron chi connectivity index (χ4n) is 2.83. The van der Waals surface area contributed by atoms with E-state index in [4.69, 9.17) is 0 Å². The number of rotatable bonds is 8. The number of halogens is 1. The van der Waals surface area contributed by atoms with Gasteiger partial charge >= 0.3 is 0 Å². The number of carbonyl (C=O) groups is 2. The number of anilines is 1. The highest BCUT2D eigenvalue weighted by Gasteiger charge is 2.13. The average Bonchev–Trinajstić information content (AvgIpc) is 2.63. The van der Waals surface area contributed by atoms with Crippen molar-refractivity contribution < 1.29 is 9.59 Å². The first-order valence-electron chi connectivity index (χ1n) is 9.21. The highest BCUT2D eigenvalue weighted by atomic mass is 79.9. The molecule has 144 valence electrons. The summed E-state index contributed by atoms with van der Waals surface area (Å²) >= 11 is 3.43. The quantitative estimate of drug-likeness (QED) is 0.606. The van der Waals surface area contributed by atoms with Crippen LogP contribution in [0.5, 0.6) is 0 Å². The molecule has 0 atom stereocenters. The molecule has 0 aliphatic heterocycles. The number of benzene rings is 2. The molecule has 0 spiro atoms. The lowest BCUT2D eigenvalue weighted by Gasteiger charge is -2.17. The number of aryl methyl sites for hydroxylation is 2. The largest absolute Gasteiger partial charge is 0.336 e. The molecule has 2 aromatic rings. The molecule has 0 saturated carbocycles. The van der Waals surface area contributed by atoms with E-state index in [2.05, 4.69) is 33.4 Å². The molecular weight excluding hydrogens is 404 g/mol. The summed E-state index contributed by atoms with van der Waals surface area (Å²) in [5.41, 5.74) is 4.25. The normalized spacial score (nSPS) is 10.5. The zero-order chi connectivity index (χ0) is 19.8. The van der Waals surface area contributed by atoms with E-state index in [1.54, 1.807) is 7.05 Å². The van der Waals surface area contributed by atoms with E-state index in [1.807, 2.05) is 44.2 Å². The second-order valence-corrected chi connectivity index (χ2v) is 7.79. The second-order valence-electron chi connectivity index (χ2n) is 6.88. The van der Waals surface area contributed by atoms with Gasteiger partial charge in [-0.05, 0) is 68.0 Å². The van der Waals surface area contributed by atoms with Gasteiger partial charge in [-0.2, -0.15) is 0 Å². The number of nitrogens with zero attached hydrogens (tertiary/aromatic N) is 1. The molecule has 2 aromatic carbocycles. The van der Waals surface area contributed by atoms with Crippen LogP contribution in [-0.4, -0.2) is 30.3 Å². The summed E-state index contributed by atoms with van der Waals surface area (Å²) in [6, 6.07) is 14.0. The number of unbranched alkanes of at least 4 members (excludes halogenated alkanes) is 1. The Morgan fingerprint density at radius 1 is 1.04 bits per heavy atom. The van der Waals surface area contributed by atoms with Gasteiger partial charge < -0.3 is 10.2 Å². The third-order valence-electron chi connectivity index (χ3n) is 4.70. The summed E-state index contributed by atoms with van der Waals surface area (Å²) in [5.74, 6) is -0.170. The molecule has 0 unspecified atom stereocenters. The minimum absolute atomic E-state index is 0.00178. The summed E-state index contributed by atoms with van der Waals surface area (Å²) in [4.78, 5) is 26.0. The van der Waals surface area contributed by atoms with Crippen molar-refractivity contribution in [3.63, 3.8) is 0 Å². The number of likely N-dealkylation sites (N-methyl/N-ethyl adjacent to an activating group) is 1. The maximum atomic E-state index is 12.2. The van der Waals surface area contributed by atoms with E-state index >= 15 is 0 Å². The van der Waals surface area contributed by atoms with Crippen molar-refractivity contribution in [3.05, 3.63) is 63.6 Å². The van der Waals surface area contributed by atoms with E-state index in [-0.39, 0.29) is 18.4 Å². The third-order valence-corrected chi connectivity index (χ3v) is 5.23. The number of hydrogen-bond donors (Lipinski definition) is 1. The molecule has 2 rings (SSSR count). The van der Waals surface area contributed by atoms with Crippen LogP contribution in [0.4, 0.5) is 5.69 Å². The molecule has 5 heteroatoms. The fourth-order valence-corrected chi connectivity index (χ4v) is 3.09. The van der Waals surface area contributed by atoms with E-state index in [9.17, 15) is 9.59 Å². The van der Waals surface area contributed by atoms with Gasteiger partial charge in [0.05, 0.1) is 6.54 Å². The molecule has 27 heavy (non-hydrogen) atoms. The van der Waals surface area contributed by atoms with Crippen LogP contribution >= 0.6 is 15.9 Å². The van der Waals surface area contributed by atoms with Crippen molar-refractivity contribution in [1.29, 1.82) is 0 Å². The second kappa shape index (κ2) is 10.3. The Balaban J connectivity index is 1.72. The molecule has 2 amide bonds. The van der Waals surface area contributed by atoms with Gasteiger partial charge in [0.1, 0.15) is 0 Å². The van der Waals surface area contributed by atoms with Crippen LogP contribution in [0.15, 0.2) is 46.9 Å². The molecular formula is C22H27BrN2O2. The minimum atomic E-state index is -0.172. The maximum Gasteiger partial charge on any atom is 0.243 e. The lowest BCUT2D eigenvalue weighted by molar-refractivity contribution is -0.133. The van der Waals surface area contributed by atoms with Gasteiger partial charge in [-0.3, -0.25) is 9.59 Å². The Kier molecular flexibility index (Phi) is 8.04. The lowest BCUT2D eigenvalue weighted by Crippen LogP contribution is -2.34. The monoisotopic (exact) mass is 430 g/mol. The van der Waals surface area contributed by atoms with Crippen LogP contribution in [0, 0.1) is 13.8 Å². The first-order chi connectivity index (χ1) is 12.9. The number of nitrogens with one attached hydrogen (secondary N) is 1. The third kappa shape index (κ3) is 6.83. The highest BCUT2D eigenvalue weighted by molar-refractivity contribution is 9.10. The molecule has 4 nitrogen and oxygen atoms in total. The molecule has 0 aliphatic carbocycles. The first kappa shape index (κ1) is 21.2. The zero-order valence-corrected chi connectivity index (χ0v) is 17.8. The van der Waals surface area contributed by atoms with E-state index < -0.39 is 0 Å². The van der Waals surface area contributed by atoms with Crippen molar-refractivity contribution >= 4 is 33.4 Å². The van der Waals surface area contributed by atoms with Crippen molar-refractivity contribution in [3.8, 4) is 0 Å². The average molecular weight is 431 g/mol. The van der Waals surface area contributed by atoms with Crippen molar-refractivity contribution in [2.24, 2.45) is 0 Å². The topological polar surface area (TPSA) is 49.4 Å². The SMILES string of the molecule is Cc1cccc(NC(=O)CN(C)C(=O)CCCCc2ccc(Br)cc2)c1C. The van der Waals surface area contributed by atoms with Gasteiger partial charge in [-0.1, -0.05) is 40.2 Å². The summed E-state index contributed by atoms with van der Waals surface area (Å²) < 4.78 is 1.07. The maximum absolute atomic E-state index is 12.2. The number of carbonyl (C=O) groups excluding carboxylic acids is 2. The van der Waals surface area contributed by atoms with Crippen molar-refractivity contribution in [2.45, 2.75) is 39.5 Å². The van der Waals surface area contributed by atoms with Crippen LogP contribution in [0.1, 0.15) is 36.0 Å². The van der Waals surface area contributed by atoms with E-state index in [1.165, 1.54) is 10.5 Å². The van der Waals surface area contributed by atoms with Crippen molar-refractivity contribution in [2.75, 3.05) is 18.9 Å². The molecule has 0 radical (unpaired) electrons. The molecule has 0 aliphatic rings. The Bertz CT molecular complexity index is 787. The first-order valence-corrected chi connectivity index (χ1v) is 10.0. The van der Waals surface area contributed by atoms with Crippen LogP contribution < -0.4 is 5.32 Å². The Labute approximate surface area is 170 Å². The van der Waals surface area contributed by atoms with Gasteiger partial charge in [0.2, 0.25) is 11.8 Å². The molecule has 0 aromatic heterocycles. The van der Waals surface area contributed by atoms with Crippen LogP contribution in [0.25, 0.3) is 0 Å².